The number of carbonyl (C=O) groups excluding carboxylic acids is 1. The number of hydrogen-bond donors (Lipinski definition) is 3. The fourth-order valence-corrected chi connectivity index (χ4v) is 4.69. The number of amides is 1. The van der Waals surface area contributed by atoms with E-state index in [9.17, 15) is 4.79 Å². The third-order valence-electron chi connectivity index (χ3n) is 5.69. The first-order chi connectivity index (χ1) is 17.2. The van der Waals surface area contributed by atoms with Gasteiger partial charge in [0.2, 0.25) is 5.91 Å². The molecule has 6 aromatic heterocycles. The van der Waals surface area contributed by atoms with Gasteiger partial charge in [0.15, 0.2) is 11.5 Å². The largest absolute Gasteiger partial charge is 0.335 e. The average Bonchev–Trinajstić information content (AvgIpc) is 3.63. The number of nitrogens with one attached hydrogen (secondary N) is 3. The Kier molecular flexibility index (Phi) is 5.27. The van der Waals surface area contributed by atoms with Crippen molar-refractivity contribution in [2.45, 2.75) is 19.8 Å². The molecule has 35 heavy (non-hydrogen) atoms. The molecule has 6 heterocycles. The van der Waals surface area contributed by atoms with Crippen LogP contribution in [0.3, 0.4) is 0 Å². The van der Waals surface area contributed by atoms with Crippen LogP contribution in [0.5, 0.6) is 0 Å². The van der Waals surface area contributed by atoms with Gasteiger partial charge in [-0.05, 0) is 47.0 Å². The molecule has 10 heteroatoms. The normalized spacial score (nSPS) is 11.3. The molecule has 0 atom stereocenters. The summed E-state index contributed by atoms with van der Waals surface area (Å²) < 4.78 is 0. The third-order valence-corrected chi connectivity index (χ3v) is 6.37. The SMILES string of the molecule is CCCC(=O)Nc1cncc(-c2cc3c(-c4nc5nccc(-c6ccsc6)c5[nH]4)n[nH]c3cn2)c1. The van der Waals surface area contributed by atoms with E-state index in [4.69, 9.17) is 4.98 Å². The number of rotatable bonds is 6. The Morgan fingerprint density at radius 3 is 2.91 bits per heavy atom. The predicted molar refractivity (Wildman–Crippen MR) is 137 cm³/mol. The highest BCUT2D eigenvalue weighted by molar-refractivity contribution is 7.08. The summed E-state index contributed by atoms with van der Waals surface area (Å²) in [4.78, 5) is 33.4. The molecule has 0 fully saturated rings. The van der Waals surface area contributed by atoms with Crippen LogP contribution in [0.25, 0.3) is 56.0 Å². The van der Waals surface area contributed by atoms with Crippen LogP contribution >= 0.6 is 11.3 Å². The number of thiophene rings is 1. The van der Waals surface area contributed by atoms with Gasteiger partial charge < -0.3 is 10.3 Å². The maximum atomic E-state index is 12.0. The van der Waals surface area contributed by atoms with Gasteiger partial charge in [0.05, 0.1) is 34.8 Å². The number of nitrogens with zero attached hydrogens (tertiary/aromatic N) is 5. The van der Waals surface area contributed by atoms with E-state index in [0.29, 0.717) is 35.0 Å². The van der Waals surface area contributed by atoms with E-state index in [2.05, 4.69) is 46.9 Å². The number of imidazole rings is 1. The molecule has 0 aliphatic heterocycles. The quantitative estimate of drug-likeness (QED) is 0.292. The summed E-state index contributed by atoms with van der Waals surface area (Å²) in [5, 5.41) is 15.5. The lowest BCUT2D eigenvalue weighted by Crippen LogP contribution is -2.10. The summed E-state index contributed by atoms with van der Waals surface area (Å²) in [5.74, 6) is 0.588. The monoisotopic (exact) mass is 480 g/mol. The molecule has 0 saturated heterocycles. The van der Waals surface area contributed by atoms with Gasteiger partial charge in [0, 0.05) is 35.3 Å². The molecule has 6 aromatic rings. The first kappa shape index (κ1) is 21.1. The predicted octanol–water partition coefficient (Wildman–Crippen LogP) is 5.43. The van der Waals surface area contributed by atoms with Gasteiger partial charge in [-0.25, -0.2) is 9.97 Å². The number of fused-ring (bicyclic) bond motifs is 2. The van der Waals surface area contributed by atoms with Crippen molar-refractivity contribution in [3.63, 3.8) is 0 Å². The second kappa shape index (κ2) is 8.73. The highest BCUT2D eigenvalue weighted by Gasteiger charge is 2.17. The summed E-state index contributed by atoms with van der Waals surface area (Å²) in [6.07, 6.45) is 8.11. The molecule has 0 unspecified atom stereocenters. The topological polar surface area (TPSA) is 125 Å². The lowest BCUT2D eigenvalue weighted by atomic mass is 10.1. The second-order valence-corrected chi connectivity index (χ2v) is 8.88. The highest BCUT2D eigenvalue weighted by atomic mass is 32.1. The number of aromatic nitrogens is 7. The van der Waals surface area contributed by atoms with Crippen LogP contribution in [-0.4, -0.2) is 41.0 Å². The molecule has 0 bridgehead atoms. The molecular weight excluding hydrogens is 460 g/mol. The Labute approximate surface area is 203 Å². The highest BCUT2D eigenvalue weighted by Crippen LogP contribution is 2.32. The molecule has 172 valence electrons. The van der Waals surface area contributed by atoms with Crippen molar-refractivity contribution in [2.24, 2.45) is 0 Å². The van der Waals surface area contributed by atoms with Crippen LogP contribution in [0.2, 0.25) is 0 Å². The van der Waals surface area contributed by atoms with E-state index < -0.39 is 0 Å². The number of hydrogen-bond acceptors (Lipinski definition) is 7. The fourth-order valence-electron chi connectivity index (χ4n) is 4.04. The number of H-pyrrole nitrogens is 2. The molecule has 3 N–H and O–H groups in total. The molecule has 1 amide bonds. The van der Waals surface area contributed by atoms with Gasteiger partial charge in [-0.15, -0.1) is 0 Å². The lowest BCUT2D eigenvalue weighted by molar-refractivity contribution is -0.116. The van der Waals surface area contributed by atoms with Gasteiger partial charge in [0.25, 0.3) is 0 Å². The van der Waals surface area contributed by atoms with Crippen molar-refractivity contribution in [2.75, 3.05) is 5.32 Å². The van der Waals surface area contributed by atoms with Gasteiger partial charge in [-0.1, -0.05) is 6.92 Å². The Balaban J connectivity index is 1.40. The number of aromatic amines is 2. The van der Waals surface area contributed by atoms with Crippen molar-refractivity contribution in [1.29, 1.82) is 0 Å². The summed E-state index contributed by atoms with van der Waals surface area (Å²) >= 11 is 1.65. The summed E-state index contributed by atoms with van der Waals surface area (Å²) in [6.45, 7) is 1.97. The minimum atomic E-state index is -0.0349. The van der Waals surface area contributed by atoms with E-state index in [1.807, 2.05) is 30.5 Å². The van der Waals surface area contributed by atoms with Crippen molar-refractivity contribution < 1.29 is 4.79 Å². The Bertz CT molecular complexity index is 1670. The summed E-state index contributed by atoms with van der Waals surface area (Å²) in [6, 6.07) is 7.88. The zero-order valence-electron chi connectivity index (χ0n) is 18.7. The second-order valence-electron chi connectivity index (χ2n) is 8.10. The number of anilines is 1. The molecule has 0 aliphatic rings. The smallest absolute Gasteiger partial charge is 0.224 e. The van der Waals surface area contributed by atoms with Gasteiger partial charge >= 0.3 is 0 Å². The zero-order valence-corrected chi connectivity index (χ0v) is 19.6. The Morgan fingerprint density at radius 1 is 1.11 bits per heavy atom. The van der Waals surface area contributed by atoms with Crippen LogP contribution in [0.1, 0.15) is 19.8 Å². The van der Waals surface area contributed by atoms with E-state index in [1.54, 1.807) is 36.1 Å². The molecular formula is C25H20N8OS. The minimum absolute atomic E-state index is 0.0349. The van der Waals surface area contributed by atoms with E-state index in [1.165, 1.54) is 0 Å². The molecule has 0 saturated carbocycles. The van der Waals surface area contributed by atoms with Crippen molar-refractivity contribution in [3.8, 4) is 33.9 Å². The van der Waals surface area contributed by atoms with E-state index in [-0.39, 0.29) is 5.91 Å². The summed E-state index contributed by atoms with van der Waals surface area (Å²) in [5.41, 5.74) is 7.28. The van der Waals surface area contributed by atoms with Crippen molar-refractivity contribution in [1.82, 2.24) is 35.1 Å². The molecule has 0 spiro atoms. The third kappa shape index (κ3) is 3.93. The van der Waals surface area contributed by atoms with Crippen LogP contribution in [0.4, 0.5) is 5.69 Å². The Morgan fingerprint density at radius 2 is 2.06 bits per heavy atom. The first-order valence-corrected chi connectivity index (χ1v) is 12.1. The number of pyridine rings is 3. The maximum absolute atomic E-state index is 12.0. The summed E-state index contributed by atoms with van der Waals surface area (Å²) in [7, 11) is 0. The van der Waals surface area contributed by atoms with Crippen LogP contribution in [-0.2, 0) is 4.79 Å². The lowest BCUT2D eigenvalue weighted by Gasteiger charge is -2.06. The molecule has 0 radical (unpaired) electrons. The van der Waals surface area contributed by atoms with Crippen LogP contribution < -0.4 is 5.32 Å². The molecule has 6 rings (SSSR count). The zero-order chi connectivity index (χ0) is 23.8. The minimum Gasteiger partial charge on any atom is -0.335 e. The fraction of sp³-hybridized carbons (Fsp3) is 0.120. The standard InChI is InChI=1S/C25H20N8OS/c1-2-3-21(34)29-16-8-15(10-26-11-16)19-9-18-20(12-28-19)32-33-23(18)25-30-22-17(14-5-7-35-13-14)4-6-27-24(22)31-25/h4-13H,2-3H2,1H3,(H,29,34)(H,32,33)(H,27,30,31). The molecule has 9 nitrogen and oxygen atoms in total. The van der Waals surface area contributed by atoms with Crippen LogP contribution in [0, 0.1) is 0 Å². The van der Waals surface area contributed by atoms with Crippen molar-refractivity contribution >= 4 is 45.0 Å². The van der Waals surface area contributed by atoms with Gasteiger partial charge in [-0.3, -0.25) is 19.9 Å². The molecule has 0 aromatic carbocycles. The Hall–Kier alpha value is -4.44. The van der Waals surface area contributed by atoms with Crippen LogP contribution in [0.15, 0.2) is 59.8 Å². The number of carbonyl (C=O) groups is 1. The van der Waals surface area contributed by atoms with Gasteiger partial charge in [-0.2, -0.15) is 16.4 Å². The molecule has 0 aliphatic carbocycles. The average molecular weight is 481 g/mol. The van der Waals surface area contributed by atoms with Gasteiger partial charge in [0.1, 0.15) is 5.69 Å². The maximum Gasteiger partial charge on any atom is 0.224 e. The van der Waals surface area contributed by atoms with Crippen molar-refractivity contribution in [3.05, 3.63) is 59.8 Å². The van der Waals surface area contributed by atoms with E-state index in [0.717, 1.165) is 39.5 Å². The first-order valence-electron chi connectivity index (χ1n) is 11.2. The van der Waals surface area contributed by atoms with E-state index >= 15 is 0 Å².